The number of hydrogen-bond acceptors (Lipinski definition) is 6. The Morgan fingerprint density at radius 3 is 1.70 bits per heavy atom. The molecule has 0 spiro atoms. The molecule has 5 heterocycles. The molecule has 0 N–H and O–H groups in total. The van der Waals surface area contributed by atoms with Crippen molar-refractivity contribution in [1.29, 1.82) is 0 Å². The van der Waals surface area contributed by atoms with Crippen molar-refractivity contribution in [2.45, 2.75) is 20.8 Å². The van der Waals surface area contributed by atoms with Crippen LogP contribution < -0.4 is 0 Å². The lowest BCUT2D eigenvalue weighted by Gasteiger charge is -1.99. The predicted molar refractivity (Wildman–Crippen MR) is 122 cm³/mol. The third-order valence-electron chi connectivity index (χ3n) is 4.30. The monoisotopic (exact) mass is 424 g/mol. The summed E-state index contributed by atoms with van der Waals surface area (Å²) < 4.78 is 0. The summed E-state index contributed by atoms with van der Waals surface area (Å²) in [6.07, 6.45) is 1.92. The molecule has 5 aromatic rings. The van der Waals surface area contributed by atoms with Gasteiger partial charge in [-0.1, -0.05) is 0 Å². The third-order valence-corrected chi connectivity index (χ3v) is 8.99. The molecular formula is C21H16N2S4. The minimum Gasteiger partial charge on any atom is -0.251 e. The molecule has 0 aromatic carbocycles. The van der Waals surface area contributed by atoms with Crippen LogP contribution in [0.3, 0.4) is 0 Å². The van der Waals surface area contributed by atoms with Gasteiger partial charge in [0.1, 0.15) is 11.0 Å². The minimum atomic E-state index is 0.960. The second-order valence-corrected chi connectivity index (χ2v) is 10.4. The number of thiophene rings is 4. The van der Waals surface area contributed by atoms with Crippen molar-refractivity contribution >= 4 is 56.4 Å². The summed E-state index contributed by atoms with van der Waals surface area (Å²) in [5, 5.41) is 6.57. The molecule has 0 aliphatic carbocycles. The highest BCUT2D eigenvalue weighted by Crippen LogP contribution is 2.46. The number of rotatable bonds is 3. The molecule has 0 amide bonds. The molecule has 27 heavy (non-hydrogen) atoms. The Morgan fingerprint density at radius 1 is 0.667 bits per heavy atom. The van der Waals surface area contributed by atoms with Crippen LogP contribution in [-0.4, -0.2) is 9.97 Å². The van der Waals surface area contributed by atoms with Gasteiger partial charge in [0.2, 0.25) is 0 Å². The lowest BCUT2D eigenvalue weighted by molar-refractivity contribution is 1.32. The standard InChI is InChI=1S/C21H16N2S4/c1-11-4-15(24-8-11)14-7-22-18-19(23-14)21(17-6-13(3)10-26-17)27-20(18)16-5-12(2)9-25-16/h4-10H,1-3H3. The summed E-state index contributed by atoms with van der Waals surface area (Å²) in [6, 6.07) is 6.69. The average Bonchev–Trinajstić information content (AvgIpc) is 3.41. The summed E-state index contributed by atoms with van der Waals surface area (Å²) in [4.78, 5) is 16.1. The van der Waals surface area contributed by atoms with Crippen LogP contribution in [0.2, 0.25) is 0 Å². The second-order valence-electron chi connectivity index (χ2n) is 6.68. The molecule has 0 aliphatic rings. The maximum absolute atomic E-state index is 5.07. The van der Waals surface area contributed by atoms with Gasteiger partial charge < -0.3 is 0 Å². The number of fused-ring (bicyclic) bond motifs is 1. The van der Waals surface area contributed by atoms with Crippen molar-refractivity contribution in [3.05, 3.63) is 57.2 Å². The Hall–Kier alpha value is -1.86. The normalized spacial score (nSPS) is 11.5. The molecular weight excluding hydrogens is 409 g/mol. The maximum atomic E-state index is 5.07. The summed E-state index contributed by atoms with van der Waals surface area (Å²) in [5.41, 5.74) is 6.85. The fourth-order valence-corrected chi connectivity index (χ4v) is 7.11. The van der Waals surface area contributed by atoms with E-state index in [1.165, 1.54) is 41.1 Å². The maximum Gasteiger partial charge on any atom is 0.110 e. The highest BCUT2D eigenvalue weighted by atomic mass is 32.1. The largest absolute Gasteiger partial charge is 0.251 e. The molecule has 0 bridgehead atoms. The van der Waals surface area contributed by atoms with E-state index in [1.54, 1.807) is 34.0 Å². The molecule has 0 aliphatic heterocycles. The van der Waals surface area contributed by atoms with Crippen LogP contribution >= 0.6 is 45.3 Å². The molecule has 5 rings (SSSR count). The van der Waals surface area contributed by atoms with Crippen LogP contribution in [0.15, 0.2) is 40.5 Å². The van der Waals surface area contributed by atoms with E-state index < -0.39 is 0 Å². The molecule has 0 unspecified atom stereocenters. The molecule has 6 heteroatoms. The van der Waals surface area contributed by atoms with Gasteiger partial charge in [-0.2, -0.15) is 0 Å². The predicted octanol–water partition coefficient (Wildman–Crippen LogP) is 7.80. The first-order chi connectivity index (χ1) is 13.1. The van der Waals surface area contributed by atoms with Crippen LogP contribution in [0.1, 0.15) is 16.7 Å². The molecule has 0 radical (unpaired) electrons. The van der Waals surface area contributed by atoms with Gasteiger partial charge in [-0.25, -0.2) is 4.98 Å². The molecule has 2 nitrogen and oxygen atoms in total. The first-order valence-electron chi connectivity index (χ1n) is 8.54. The van der Waals surface area contributed by atoms with Gasteiger partial charge in [0.05, 0.1) is 26.5 Å². The Labute approximate surface area is 173 Å². The minimum absolute atomic E-state index is 0.960. The molecule has 0 saturated carbocycles. The van der Waals surface area contributed by atoms with E-state index in [-0.39, 0.29) is 0 Å². The first kappa shape index (κ1) is 17.3. The van der Waals surface area contributed by atoms with Crippen LogP contribution in [0.5, 0.6) is 0 Å². The van der Waals surface area contributed by atoms with Crippen LogP contribution in [0, 0.1) is 20.8 Å². The lowest BCUT2D eigenvalue weighted by atomic mass is 10.2. The Morgan fingerprint density at radius 2 is 1.19 bits per heavy atom. The van der Waals surface area contributed by atoms with E-state index in [9.17, 15) is 0 Å². The zero-order valence-corrected chi connectivity index (χ0v) is 18.3. The zero-order valence-electron chi connectivity index (χ0n) is 15.1. The van der Waals surface area contributed by atoms with E-state index in [4.69, 9.17) is 9.97 Å². The van der Waals surface area contributed by atoms with Crippen molar-refractivity contribution in [2.24, 2.45) is 0 Å². The smallest absolute Gasteiger partial charge is 0.110 e. The number of nitrogens with zero attached hydrogens (tertiary/aromatic N) is 2. The average molecular weight is 425 g/mol. The highest BCUT2D eigenvalue weighted by Gasteiger charge is 2.20. The number of hydrogen-bond donors (Lipinski definition) is 0. The van der Waals surface area contributed by atoms with Gasteiger partial charge >= 0.3 is 0 Å². The van der Waals surface area contributed by atoms with Crippen molar-refractivity contribution < 1.29 is 0 Å². The van der Waals surface area contributed by atoms with E-state index in [2.05, 4.69) is 55.1 Å². The van der Waals surface area contributed by atoms with Crippen molar-refractivity contribution in [1.82, 2.24) is 9.97 Å². The van der Waals surface area contributed by atoms with Gasteiger partial charge in [-0.05, 0) is 71.8 Å². The third kappa shape index (κ3) is 3.06. The van der Waals surface area contributed by atoms with E-state index in [0.717, 1.165) is 16.7 Å². The topological polar surface area (TPSA) is 25.8 Å². The SMILES string of the molecule is Cc1csc(-c2cnc3c(-c4cc(C)cs4)sc(-c4cc(C)cs4)c3n2)c1. The zero-order chi connectivity index (χ0) is 18.5. The van der Waals surface area contributed by atoms with E-state index in [0.29, 0.717) is 0 Å². The molecule has 5 aromatic heterocycles. The summed E-state index contributed by atoms with van der Waals surface area (Å²) in [7, 11) is 0. The summed E-state index contributed by atoms with van der Waals surface area (Å²) in [6.45, 7) is 6.40. The summed E-state index contributed by atoms with van der Waals surface area (Å²) >= 11 is 7.11. The van der Waals surface area contributed by atoms with Crippen molar-refractivity contribution in [3.63, 3.8) is 0 Å². The van der Waals surface area contributed by atoms with E-state index >= 15 is 0 Å². The Kier molecular flexibility index (Phi) is 4.24. The second kappa shape index (κ2) is 6.63. The number of aryl methyl sites for hydroxylation is 3. The molecule has 0 atom stereocenters. The number of aromatic nitrogens is 2. The quantitative estimate of drug-likeness (QED) is 0.295. The highest BCUT2D eigenvalue weighted by molar-refractivity contribution is 7.27. The van der Waals surface area contributed by atoms with Crippen molar-refractivity contribution in [2.75, 3.05) is 0 Å². The van der Waals surface area contributed by atoms with Crippen molar-refractivity contribution in [3.8, 4) is 30.1 Å². The van der Waals surface area contributed by atoms with Gasteiger partial charge in [0.25, 0.3) is 0 Å². The fraction of sp³-hybridized carbons (Fsp3) is 0.143. The molecule has 0 fully saturated rings. The van der Waals surface area contributed by atoms with Crippen LogP contribution in [-0.2, 0) is 0 Å². The Balaban J connectivity index is 1.77. The first-order valence-corrected chi connectivity index (χ1v) is 12.0. The fourth-order valence-electron chi connectivity index (χ4n) is 3.03. The Bertz CT molecular complexity index is 1270. The van der Waals surface area contributed by atoms with E-state index in [1.807, 2.05) is 17.5 Å². The van der Waals surface area contributed by atoms with Gasteiger partial charge in [-0.15, -0.1) is 45.3 Å². The van der Waals surface area contributed by atoms with Gasteiger partial charge in [0.15, 0.2) is 0 Å². The van der Waals surface area contributed by atoms with Gasteiger partial charge in [0, 0.05) is 9.75 Å². The van der Waals surface area contributed by atoms with Crippen LogP contribution in [0.25, 0.3) is 41.1 Å². The summed E-state index contributed by atoms with van der Waals surface area (Å²) in [5.74, 6) is 0. The molecule has 0 saturated heterocycles. The molecule has 134 valence electrons. The van der Waals surface area contributed by atoms with Gasteiger partial charge in [-0.3, -0.25) is 4.98 Å². The lowest BCUT2D eigenvalue weighted by Crippen LogP contribution is -1.86. The van der Waals surface area contributed by atoms with Crippen LogP contribution in [0.4, 0.5) is 0 Å².